The van der Waals surface area contributed by atoms with Crippen LogP contribution >= 0.6 is 0 Å². The number of anilines is 2. The van der Waals surface area contributed by atoms with E-state index in [-0.39, 0.29) is 29.1 Å². The van der Waals surface area contributed by atoms with Gasteiger partial charge in [-0.15, -0.1) is 0 Å². The number of carbonyl (C=O) groups is 1. The normalized spacial score (nSPS) is 18.5. The van der Waals surface area contributed by atoms with Crippen molar-refractivity contribution in [2.24, 2.45) is 0 Å². The molecule has 1 amide bonds. The Bertz CT molecular complexity index is 923. The molecule has 1 aromatic carbocycles. The van der Waals surface area contributed by atoms with Crippen molar-refractivity contribution in [3.63, 3.8) is 0 Å². The van der Waals surface area contributed by atoms with Gasteiger partial charge in [0, 0.05) is 25.0 Å². The predicted octanol–water partition coefficient (Wildman–Crippen LogP) is 2.10. The fraction of sp³-hybridized carbons (Fsp3) is 0.389. The summed E-state index contributed by atoms with van der Waals surface area (Å²) in [6, 6.07) is 7.24. The Morgan fingerprint density at radius 2 is 1.92 bits per heavy atom. The number of aromatic nitrogens is 2. The lowest BCUT2D eigenvalue weighted by Gasteiger charge is -2.23. The molecule has 0 saturated carbocycles. The predicted molar refractivity (Wildman–Crippen MR) is 100 cm³/mol. The number of benzene rings is 1. The van der Waals surface area contributed by atoms with Gasteiger partial charge in [-0.2, -0.15) is 0 Å². The highest BCUT2D eigenvalue weighted by Crippen LogP contribution is 2.20. The SMILES string of the molecule is Cc1cc(C)cc(Nc2nccc(C(=O)N(C)C3CCS(=O)(=O)C3)n2)c1. The Hall–Kier alpha value is -2.48. The Morgan fingerprint density at radius 3 is 2.54 bits per heavy atom. The molecular weight excluding hydrogens is 352 g/mol. The minimum absolute atomic E-state index is 0.00794. The highest BCUT2D eigenvalue weighted by Gasteiger charge is 2.33. The summed E-state index contributed by atoms with van der Waals surface area (Å²) < 4.78 is 23.3. The van der Waals surface area contributed by atoms with Crippen molar-refractivity contribution < 1.29 is 13.2 Å². The summed E-state index contributed by atoms with van der Waals surface area (Å²) in [6.07, 6.45) is 1.98. The van der Waals surface area contributed by atoms with Crippen LogP contribution in [0.5, 0.6) is 0 Å². The average molecular weight is 374 g/mol. The Balaban J connectivity index is 1.77. The zero-order valence-corrected chi connectivity index (χ0v) is 15.9. The fourth-order valence-electron chi connectivity index (χ4n) is 3.14. The van der Waals surface area contributed by atoms with Crippen molar-refractivity contribution >= 4 is 27.4 Å². The van der Waals surface area contributed by atoms with Crippen LogP contribution in [0.25, 0.3) is 0 Å². The number of nitrogens with one attached hydrogen (secondary N) is 1. The largest absolute Gasteiger partial charge is 0.336 e. The highest BCUT2D eigenvalue weighted by molar-refractivity contribution is 7.91. The first kappa shape index (κ1) is 18.3. The monoisotopic (exact) mass is 374 g/mol. The van der Waals surface area contributed by atoms with Gasteiger partial charge < -0.3 is 10.2 Å². The van der Waals surface area contributed by atoms with Crippen molar-refractivity contribution in [3.05, 3.63) is 47.3 Å². The lowest BCUT2D eigenvalue weighted by atomic mass is 10.1. The third kappa shape index (κ3) is 4.19. The van der Waals surface area contributed by atoms with Gasteiger partial charge >= 0.3 is 0 Å². The Labute approximate surface area is 153 Å². The van der Waals surface area contributed by atoms with Crippen LogP contribution in [-0.2, 0) is 9.84 Å². The van der Waals surface area contributed by atoms with E-state index >= 15 is 0 Å². The molecule has 138 valence electrons. The second kappa shape index (κ2) is 7.03. The zero-order valence-electron chi connectivity index (χ0n) is 15.1. The molecule has 1 aromatic heterocycles. The van der Waals surface area contributed by atoms with Crippen LogP contribution < -0.4 is 5.32 Å². The van der Waals surface area contributed by atoms with E-state index in [9.17, 15) is 13.2 Å². The van der Waals surface area contributed by atoms with Gasteiger partial charge in [0.2, 0.25) is 5.95 Å². The standard InChI is InChI=1S/C18H22N4O3S/c1-12-8-13(2)10-14(9-12)20-18-19-6-4-16(21-18)17(23)22(3)15-5-7-26(24,25)11-15/h4,6,8-10,15H,5,7,11H2,1-3H3,(H,19,20,21). The first-order valence-electron chi connectivity index (χ1n) is 8.39. The van der Waals surface area contributed by atoms with Gasteiger partial charge in [0.05, 0.1) is 11.5 Å². The minimum atomic E-state index is -3.05. The molecule has 0 radical (unpaired) electrons. The van der Waals surface area contributed by atoms with Gasteiger partial charge in [0.15, 0.2) is 9.84 Å². The average Bonchev–Trinajstić information content (AvgIpc) is 2.93. The van der Waals surface area contributed by atoms with Gasteiger partial charge in [-0.3, -0.25) is 4.79 Å². The summed E-state index contributed by atoms with van der Waals surface area (Å²) in [5.74, 6) is 0.151. The van der Waals surface area contributed by atoms with Crippen molar-refractivity contribution in [2.45, 2.75) is 26.3 Å². The molecular formula is C18H22N4O3S. The number of carbonyl (C=O) groups excluding carboxylic acids is 1. The molecule has 1 fully saturated rings. The van der Waals surface area contributed by atoms with Gasteiger partial charge in [-0.25, -0.2) is 18.4 Å². The van der Waals surface area contributed by atoms with Crippen LogP contribution in [0, 0.1) is 13.8 Å². The van der Waals surface area contributed by atoms with E-state index < -0.39 is 9.84 Å². The number of amides is 1. The van der Waals surface area contributed by atoms with E-state index in [1.165, 1.54) is 17.2 Å². The zero-order chi connectivity index (χ0) is 18.9. The van der Waals surface area contributed by atoms with Crippen LogP contribution in [0.1, 0.15) is 28.0 Å². The summed E-state index contributed by atoms with van der Waals surface area (Å²) >= 11 is 0. The van der Waals surface area contributed by atoms with Crippen molar-refractivity contribution in [1.82, 2.24) is 14.9 Å². The van der Waals surface area contributed by atoms with Crippen LogP contribution in [0.4, 0.5) is 11.6 Å². The summed E-state index contributed by atoms with van der Waals surface area (Å²) in [4.78, 5) is 22.6. The molecule has 0 bridgehead atoms. The van der Waals surface area contributed by atoms with Crippen molar-refractivity contribution in [1.29, 1.82) is 0 Å². The lowest BCUT2D eigenvalue weighted by molar-refractivity contribution is 0.0741. The number of rotatable bonds is 4. The fourth-order valence-corrected chi connectivity index (χ4v) is 4.92. The van der Waals surface area contributed by atoms with E-state index in [4.69, 9.17) is 0 Å². The lowest BCUT2D eigenvalue weighted by Crippen LogP contribution is -2.38. The van der Waals surface area contributed by atoms with Gasteiger partial charge in [0.1, 0.15) is 5.69 Å². The summed E-state index contributed by atoms with van der Waals surface area (Å²) in [6.45, 7) is 4.01. The van der Waals surface area contributed by atoms with E-state index in [1.807, 2.05) is 26.0 Å². The molecule has 0 aliphatic carbocycles. The van der Waals surface area contributed by atoms with Crippen LogP contribution in [-0.4, -0.2) is 53.8 Å². The van der Waals surface area contributed by atoms with Crippen LogP contribution in [0.3, 0.4) is 0 Å². The molecule has 26 heavy (non-hydrogen) atoms. The molecule has 2 aromatic rings. The summed E-state index contributed by atoms with van der Waals surface area (Å²) in [5, 5.41) is 3.11. The molecule has 1 N–H and O–H groups in total. The third-order valence-corrected chi connectivity index (χ3v) is 6.18. The van der Waals surface area contributed by atoms with E-state index in [2.05, 4.69) is 21.4 Å². The molecule has 1 unspecified atom stereocenters. The molecule has 7 nitrogen and oxygen atoms in total. The quantitative estimate of drug-likeness (QED) is 0.881. The molecule has 0 spiro atoms. The van der Waals surface area contributed by atoms with Gasteiger partial charge in [-0.05, 0) is 49.6 Å². The number of aryl methyl sites for hydroxylation is 2. The first-order valence-corrected chi connectivity index (χ1v) is 10.2. The second-order valence-electron chi connectivity index (χ2n) is 6.74. The minimum Gasteiger partial charge on any atom is -0.336 e. The van der Waals surface area contributed by atoms with E-state index in [1.54, 1.807) is 7.05 Å². The topological polar surface area (TPSA) is 92.3 Å². The van der Waals surface area contributed by atoms with Gasteiger partial charge in [-0.1, -0.05) is 6.07 Å². The molecule has 1 atom stereocenters. The highest BCUT2D eigenvalue weighted by atomic mass is 32.2. The van der Waals surface area contributed by atoms with Crippen molar-refractivity contribution in [3.8, 4) is 0 Å². The summed E-state index contributed by atoms with van der Waals surface area (Å²) in [5.41, 5.74) is 3.31. The van der Waals surface area contributed by atoms with Crippen LogP contribution in [0.15, 0.2) is 30.5 Å². The molecule has 1 aliphatic heterocycles. The number of hydrogen-bond acceptors (Lipinski definition) is 6. The number of hydrogen-bond donors (Lipinski definition) is 1. The Kier molecular flexibility index (Phi) is 4.95. The second-order valence-corrected chi connectivity index (χ2v) is 8.97. The van der Waals surface area contributed by atoms with Crippen LogP contribution in [0.2, 0.25) is 0 Å². The summed E-state index contributed by atoms with van der Waals surface area (Å²) in [7, 11) is -1.43. The Morgan fingerprint density at radius 1 is 1.23 bits per heavy atom. The maximum atomic E-state index is 12.7. The smallest absolute Gasteiger partial charge is 0.272 e. The maximum Gasteiger partial charge on any atom is 0.272 e. The van der Waals surface area contributed by atoms with Gasteiger partial charge in [0.25, 0.3) is 5.91 Å². The molecule has 1 saturated heterocycles. The van der Waals surface area contributed by atoms with E-state index in [0.29, 0.717) is 12.4 Å². The molecule has 1 aliphatic rings. The number of nitrogens with zero attached hydrogens (tertiary/aromatic N) is 3. The number of sulfone groups is 1. The molecule has 3 rings (SSSR count). The van der Waals surface area contributed by atoms with Crippen molar-refractivity contribution in [2.75, 3.05) is 23.9 Å². The van der Waals surface area contributed by atoms with E-state index in [0.717, 1.165) is 16.8 Å². The third-order valence-electron chi connectivity index (χ3n) is 4.43. The molecule has 8 heteroatoms. The first-order chi connectivity index (χ1) is 12.2. The molecule has 2 heterocycles. The maximum absolute atomic E-state index is 12.7.